The maximum atomic E-state index is 9.32. The largest absolute Gasteiger partial charge is 0.508 e. The molecule has 3 rings (SSSR count). The first-order chi connectivity index (χ1) is 12.7. The molecule has 1 unspecified atom stereocenters. The molecule has 0 spiro atoms. The summed E-state index contributed by atoms with van der Waals surface area (Å²) >= 11 is 0. The van der Waals surface area contributed by atoms with Crippen molar-refractivity contribution in [2.45, 2.75) is 38.5 Å². The Balaban J connectivity index is 0.000000233. The smallest absolute Gasteiger partial charge is 0.115 e. The molecule has 26 heavy (non-hydrogen) atoms. The summed E-state index contributed by atoms with van der Waals surface area (Å²) in [5.74, 6) is 0.886. The summed E-state index contributed by atoms with van der Waals surface area (Å²) in [6.45, 7) is 6.31. The van der Waals surface area contributed by atoms with Crippen molar-refractivity contribution < 1.29 is 5.11 Å². The van der Waals surface area contributed by atoms with Crippen molar-refractivity contribution in [2.75, 3.05) is 13.6 Å². The molecular formula is C24H33NO. The Labute approximate surface area is 159 Å². The van der Waals surface area contributed by atoms with Crippen LogP contribution in [0.4, 0.5) is 0 Å². The molecule has 1 aliphatic carbocycles. The van der Waals surface area contributed by atoms with Crippen LogP contribution in [-0.4, -0.2) is 18.7 Å². The number of hydrogen-bond acceptors (Lipinski definition) is 2. The molecule has 0 fully saturated rings. The lowest BCUT2D eigenvalue weighted by Crippen LogP contribution is -2.09. The average Bonchev–Trinajstić information content (AvgIpc) is 2.69. The van der Waals surface area contributed by atoms with Gasteiger partial charge >= 0.3 is 0 Å². The molecule has 0 heterocycles. The van der Waals surface area contributed by atoms with E-state index in [-0.39, 0.29) is 0 Å². The van der Waals surface area contributed by atoms with Crippen LogP contribution in [0.2, 0.25) is 0 Å². The summed E-state index contributed by atoms with van der Waals surface area (Å²) in [4.78, 5) is 0. The minimum Gasteiger partial charge on any atom is -0.508 e. The van der Waals surface area contributed by atoms with Gasteiger partial charge in [0, 0.05) is 5.92 Å². The predicted octanol–water partition coefficient (Wildman–Crippen LogP) is 5.86. The number of benzene rings is 2. The van der Waals surface area contributed by atoms with Crippen LogP contribution in [0.15, 0.2) is 79.4 Å². The fourth-order valence-corrected chi connectivity index (χ4v) is 2.76. The monoisotopic (exact) mass is 351 g/mol. The lowest BCUT2D eigenvalue weighted by atomic mass is 9.89. The van der Waals surface area contributed by atoms with Crippen LogP contribution in [0, 0.1) is 0 Å². The van der Waals surface area contributed by atoms with Crippen LogP contribution < -0.4 is 5.32 Å². The fraction of sp³-hybridized carbons (Fsp3) is 0.333. The highest BCUT2D eigenvalue weighted by molar-refractivity contribution is 5.32. The van der Waals surface area contributed by atoms with Crippen LogP contribution in [0.1, 0.15) is 43.2 Å². The third-order valence-corrected chi connectivity index (χ3v) is 4.06. The van der Waals surface area contributed by atoms with Gasteiger partial charge in [0.25, 0.3) is 0 Å². The van der Waals surface area contributed by atoms with E-state index < -0.39 is 0 Å². The Morgan fingerprint density at radius 3 is 2.46 bits per heavy atom. The van der Waals surface area contributed by atoms with Crippen LogP contribution >= 0.6 is 0 Å². The molecule has 0 amide bonds. The van der Waals surface area contributed by atoms with E-state index in [1.165, 1.54) is 30.4 Å². The highest BCUT2D eigenvalue weighted by Crippen LogP contribution is 2.29. The van der Waals surface area contributed by atoms with E-state index >= 15 is 0 Å². The fourth-order valence-electron chi connectivity index (χ4n) is 2.76. The Kier molecular flexibility index (Phi) is 11.6. The third kappa shape index (κ3) is 9.24. The molecule has 0 aromatic heterocycles. The second-order valence-corrected chi connectivity index (χ2v) is 6.31. The number of nitrogens with one attached hydrogen (secondary N) is 1. The number of allylic oxidation sites excluding steroid dienone is 3. The van der Waals surface area contributed by atoms with E-state index in [9.17, 15) is 5.11 Å². The van der Waals surface area contributed by atoms with Crippen LogP contribution in [0.25, 0.3) is 0 Å². The van der Waals surface area contributed by atoms with Gasteiger partial charge in [0.15, 0.2) is 0 Å². The summed E-state index contributed by atoms with van der Waals surface area (Å²) in [6.07, 6.45) is 11.0. The molecule has 0 aliphatic heterocycles. The maximum Gasteiger partial charge on any atom is 0.115 e. The van der Waals surface area contributed by atoms with Gasteiger partial charge in [-0.3, -0.25) is 0 Å². The Hall–Kier alpha value is -2.32. The minimum absolute atomic E-state index is 0.372. The van der Waals surface area contributed by atoms with Gasteiger partial charge in [-0.15, -0.1) is 6.58 Å². The second kappa shape index (κ2) is 13.9. The van der Waals surface area contributed by atoms with Gasteiger partial charge in [0.1, 0.15) is 5.75 Å². The molecule has 2 aromatic rings. The van der Waals surface area contributed by atoms with Crippen LogP contribution in [0.3, 0.4) is 0 Å². The van der Waals surface area contributed by atoms with E-state index in [1.54, 1.807) is 12.1 Å². The molecule has 0 saturated carbocycles. The maximum absolute atomic E-state index is 9.32. The normalized spacial score (nSPS) is 15.1. The van der Waals surface area contributed by atoms with Gasteiger partial charge in [-0.2, -0.15) is 0 Å². The molecule has 0 radical (unpaired) electrons. The van der Waals surface area contributed by atoms with Crippen LogP contribution in [0.5, 0.6) is 5.75 Å². The molecule has 0 bridgehead atoms. The van der Waals surface area contributed by atoms with Gasteiger partial charge in [-0.05, 0) is 69.5 Å². The molecule has 140 valence electrons. The number of aromatic hydroxyl groups is 1. The zero-order valence-corrected chi connectivity index (χ0v) is 16.2. The summed E-state index contributed by atoms with van der Waals surface area (Å²) in [5.41, 5.74) is 2.63. The van der Waals surface area contributed by atoms with Gasteiger partial charge < -0.3 is 10.4 Å². The van der Waals surface area contributed by atoms with E-state index in [4.69, 9.17) is 0 Å². The number of rotatable bonds is 4. The molecule has 2 aromatic carbocycles. The minimum atomic E-state index is 0.372. The molecule has 1 atom stereocenters. The first-order valence-corrected chi connectivity index (χ1v) is 9.42. The van der Waals surface area contributed by atoms with Gasteiger partial charge in [-0.1, -0.05) is 60.7 Å². The van der Waals surface area contributed by atoms with E-state index in [1.807, 2.05) is 32.2 Å². The number of likely N-dealkylation sites (N-methyl/N-ethyl adjacent to an activating group) is 1. The molecule has 2 heteroatoms. The number of phenolic OH excluding ortho intramolecular Hbond substituents is 1. The highest BCUT2D eigenvalue weighted by Gasteiger charge is 2.10. The number of phenols is 1. The lowest BCUT2D eigenvalue weighted by molar-refractivity contribution is 0.473. The van der Waals surface area contributed by atoms with Gasteiger partial charge in [0.05, 0.1) is 0 Å². The van der Waals surface area contributed by atoms with Crippen molar-refractivity contribution >= 4 is 0 Å². The van der Waals surface area contributed by atoms with E-state index in [0.717, 1.165) is 13.0 Å². The summed E-state index contributed by atoms with van der Waals surface area (Å²) in [5, 5.41) is 12.4. The molecule has 2 N–H and O–H groups in total. The summed E-state index contributed by atoms with van der Waals surface area (Å²) in [7, 11) is 1.98. The quantitative estimate of drug-likeness (QED) is 0.677. The van der Waals surface area contributed by atoms with Gasteiger partial charge in [0.2, 0.25) is 0 Å². The summed E-state index contributed by atoms with van der Waals surface area (Å²) < 4.78 is 0. The van der Waals surface area contributed by atoms with Crippen molar-refractivity contribution in [1.82, 2.24) is 5.32 Å². The van der Waals surface area contributed by atoms with Crippen molar-refractivity contribution in [3.8, 4) is 5.75 Å². The topological polar surface area (TPSA) is 32.3 Å². The Morgan fingerprint density at radius 1 is 1.15 bits per heavy atom. The summed E-state index contributed by atoms with van der Waals surface area (Å²) in [6, 6.07) is 18.1. The second-order valence-electron chi connectivity index (χ2n) is 6.31. The van der Waals surface area contributed by atoms with Crippen molar-refractivity contribution in [3.63, 3.8) is 0 Å². The lowest BCUT2D eigenvalue weighted by Gasteiger charge is -2.16. The van der Waals surface area contributed by atoms with E-state index in [2.05, 4.69) is 54.4 Å². The molecule has 2 nitrogen and oxygen atoms in total. The third-order valence-electron chi connectivity index (χ3n) is 4.06. The van der Waals surface area contributed by atoms with Crippen molar-refractivity contribution in [3.05, 3.63) is 90.5 Å². The molecule has 0 saturated heterocycles. The standard InChI is InChI=1S/C12H14O.C9H13N.C3H6/c13-12-8-4-7-11(9-12)10-5-2-1-3-6-10;1-10-8-7-9-5-3-2-4-6-9;1-3-2/h2,4-5,7-10,13H,1,3,6H2;2-6,10H,7-8H2,1H3;3H,1H2,2H3. The SMILES string of the molecule is C=CC.CNCCc1ccccc1.Oc1cccc(C2C=CCCC2)c1. The van der Waals surface area contributed by atoms with Crippen LogP contribution in [-0.2, 0) is 6.42 Å². The highest BCUT2D eigenvalue weighted by atomic mass is 16.3. The Bertz CT molecular complexity index is 634. The zero-order valence-electron chi connectivity index (χ0n) is 16.2. The van der Waals surface area contributed by atoms with Crippen molar-refractivity contribution in [1.29, 1.82) is 0 Å². The van der Waals surface area contributed by atoms with Gasteiger partial charge in [-0.25, -0.2) is 0 Å². The van der Waals surface area contributed by atoms with E-state index in [0.29, 0.717) is 11.7 Å². The Morgan fingerprint density at radius 2 is 1.88 bits per heavy atom. The number of hydrogen-bond donors (Lipinski definition) is 2. The zero-order chi connectivity index (χ0) is 19.0. The first-order valence-electron chi connectivity index (χ1n) is 9.42. The average molecular weight is 352 g/mol. The first kappa shape index (κ1) is 21.7. The molecular weight excluding hydrogens is 318 g/mol. The molecule has 1 aliphatic rings. The predicted molar refractivity (Wildman–Crippen MR) is 114 cm³/mol. The van der Waals surface area contributed by atoms with Crippen molar-refractivity contribution in [2.24, 2.45) is 0 Å².